The number of benzene rings is 2. The fourth-order valence-electron chi connectivity index (χ4n) is 3.13. The van der Waals surface area contributed by atoms with Gasteiger partial charge in [-0.25, -0.2) is 8.78 Å². The molecule has 1 heterocycles. The van der Waals surface area contributed by atoms with Crippen LogP contribution in [0.2, 0.25) is 0 Å². The molecule has 0 amide bonds. The number of rotatable bonds is 9. The SMILES string of the molecule is CC(C)Cn1ncc2cc(Oc3ccc(F)cc3F)c(C(O)NCCN(C)C)cc21. The van der Waals surface area contributed by atoms with Crippen molar-refractivity contribution in [1.82, 2.24) is 20.0 Å². The second-order valence-corrected chi connectivity index (χ2v) is 8.01. The van der Waals surface area contributed by atoms with Gasteiger partial charge in [-0.3, -0.25) is 10.00 Å². The summed E-state index contributed by atoms with van der Waals surface area (Å²) in [6.07, 6.45) is 0.677. The Morgan fingerprint density at radius 1 is 1.17 bits per heavy atom. The Kier molecular flexibility index (Phi) is 7.02. The molecule has 162 valence electrons. The zero-order chi connectivity index (χ0) is 21.8. The van der Waals surface area contributed by atoms with Crippen LogP contribution in [0.3, 0.4) is 0 Å². The molecule has 8 heteroatoms. The quantitative estimate of drug-likeness (QED) is 0.516. The molecular weight excluding hydrogens is 390 g/mol. The third-order valence-electron chi connectivity index (χ3n) is 4.62. The van der Waals surface area contributed by atoms with E-state index in [-0.39, 0.29) is 11.5 Å². The minimum Gasteiger partial charge on any atom is -0.454 e. The number of fused-ring (bicyclic) bond motifs is 1. The number of ether oxygens (including phenoxy) is 1. The highest BCUT2D eigenvalue weighted by Crippen LogP contribution is 2.34. The summed E-state index contributed by atoms with van der Waals surface area (Å²) in [6, 6.07) is 6.64. The molecule has 0 spiro atoms. The van der Waals surface area contributed by atoms with E-state index in [4.69, 9.17) is 4.74 Å². The van der Waals surface area contributed by atoms with Crippen molar-refractivity contribution in [3.63, 3.8) is 0 Å². The van der Waals surface area contributed by atoms with Crippen molar-refractivity contribution < 1.29 is 18.6 Å². The van der Waals surface area contributed by atoms with Gasteiger partial charge >= 0.3 is 0 Å². The summed E-state index contributed by atoms with van der Waals surface area (Å²) in [7, 11) is 3.88. The van der Waals surface area contributed by atoms with Crippen LogP contribution in [0.4, 0.5) is 8.78 Å². The Balaban J connectivity index is 1.99. The number of aliphatic hydroxyl groups excluding tert-OH is 1. The summed E-state index contributed by atoms with van der Waals surface area (Å²) in [5.74, 6) is -0.944. The van der Waals surface area contributed by atoms with Crippen LogP contribution in [-0.4, -0.2) is 47.0 Å². The predicted octanol–water partition coefficient (Wildman–Crippen LogP) is 3.90. The van der Waals surface area contributed by atoms with Gasteiger partial charge in [0, 0.05) is 36.7 Å². The normalized spacial score (nSPS) is 12.8. The van der Waals surface area contributed by atoms with Crippen LogP contribution in [0, 0.1) is 17.6 Å². The van der Waals surface area contributed by atoms with Gasteiger partial charge < -0.3 is 14.7 Å². The summed E-state index contributed by atoms with van der Waals surface area (Å²) >= 11 is 0. The van der Waals surface area contributed by atoms with E-state index in [0.29, 0.717) is 18.0 Å². The average Bonchev–Trinajstić information content (AvgIpc) is 3.04. The van der Waals surface area contributed by atoms with Crippen LogP contribution in [0.1, 0.15) is 25.6 Å². The van der Waals surface area contributed by atoms with Crippen molar-refractivity contribution in [3.8, 4) is 11.5 Å². The Hall–Kier alpha value is -2.55. The molecule has 0 radical (unpaired) electrons. The fraction of sp³-hybridized carbons (Fsp3) is 0.409. The number of aliphatic hydroxyl groups is 1. The predicted molar refractivity (Wildman–Crippen MR) is 113 cm³/mol. The lowest BCUT2D eigenvalue weighted by molar-refractivity contribution is 0.133. The molecule has 0 bridgehead atoms. The first-order valence-corrected chi connectivity index (χ1v) is 9.93. The Labute approximate surface area is 175 Å². The molecule has 0 fully saturated rings. The number of halogens is 2. The molecule has 1 unspecified atom stereocenters. The van der Waals surface area contributed by atoms with Gasteiger partial charge in [-0.1, -0.05) is 13.8 Å². The summed E-state index contributed by atoms with van der Waals surface area (Å²) in [5.41, 5.74) is 1.30. The first-order valence-electron chi connectivity index (χ1n) is 9.93. The first-order chi connectivity index (χ1) is 14.2. The minimum absolute atomic E-state index is 0.118. The molecule has 0 aliphatic carbocycles. The van der Waals surface area contributed by atoms with Crippen molar-refractivity contribution in [3.05, 3.63) is 53.7 Å². The highest BCUT2D eigenvalue weighted by atomic mass is 19.1. The molecular formula is C22H28F2N4O2. The maximum Gasteiger partial charge on any atom is 0.168 e. The van der Waals surface area contributed by atoms with Crippen LogP contribution in [0.25, 0.3) is 10.9 Å². The molecule has 3 aromatic rings. The maximum absolute atomic E-state index is 14.2. The Morgan fingerprint density at radius 2 is 1.93 bits per heavy atom. The van der Waals surface area contributed by atoms with E-state index in [2.05, 4.69) is 24.3 Å². The van der Waals surface area contributed by atoms with Gasteiger partial charge in [-0.2, -0.15) is 5.10 Å². The Bertz CT molecular complexity index is 1000. The molecule has 0 saturated carbocycles. The molecule has 30 heavy (non-hydrogen) atoms. The monoisotopic (exact) mass is 418 g/mol. The van der Waals surface area contributed by atoms with E-state index >= 15 is 0 Å². The molecule has 2 N–H and O–H groups in total. The summed E-state index contributed by atoms with van der Waals surface area (Å²) < 4.78 is 35.0. The number of hydrogen-bond acceptors (Lipinski definition) is 5. The van der Waals surface area contributed by atoms with Crippen LogP contribution in [0.15, 0.2) is 36.5 Å². The van der Waals surface area contributed by atoms with Crippen molar-refractivity contribution in [2.24, 2.45) is 5.92 Å². The van der Waals surface area contributed by atoms with Crippen LogP contribution < -0.4 is 10.1 Å². The van der Waals surface area contributed by atoms with Gasteiger partial charge in [-0.15, -0.1) is 0 Å². The van der Waals surface area contributed by atoms with E-state index in [0.717, 1.165) is 36.1 Å². The molecule has 1 aromatic heterocycles. The molecule has 3 rings (SSSR count). The number of nitrogens with one attached hydrogen (secondary N) is 1. The summed E-state index contributed by atoms with van der Waals surface area (Å²) in [4.78, 5) is 1.99. The zero-order valence-electron chi connectivity index (χ0n) is 17.7. The van der Waals surface area contributed by atoms with Crippen LogP contribution in [0.5, 0.6) is 11.5 Å². The highest BCUT2D eigenvalue weighted by molar-refractivity contribution is 5.82. The van der Waals surface area contributed by atoms with E-state index in [1.54, 1.807) is 18.3 Å². The van der Waals surface area contributed by atoms with Crippen molar-refractivity contribution in [2.75, 3.05) is 27.2 Å². The molecule has 2 aromatic carbocycles. The largest absolute Gasteiger partial charge is 0.454 e. The number of likely N-dealkylation sites (N-methyl/N-ethyl adjacent to an activating group) is 1. The van der Waals surface area contributed by atoms with Gasteiger partial charge in [0.25, 0.3) is 0 Å². The molecule has 1 atom stereocenters. The van der Waals surface area contributed by atoms with E-state index < -0.39 is 17.9 Å². The molecule has 0 aliphatic heterocycles. The lowest BCUT2D eigenvalue weighted by Gasteiger charge is -2.19. The number of hydrogen-bond donors (Lipinski definition) is 2. The third kappa shape index (κ3) is 5.33. The van der Waals surface area contributed by atoms with E-state index in [1.807, 2.05) is 23.7 Å². The lowest BCUT2D eigenvalue weighted by atomic mass is 10.1. The van der Waals surface area contributed by atoms with Gasteiger partial charge in [0.05, 0.1) is 11.7 Å². The topological polar surface area (TPSA) is 62.6 Å². The van der Waals surface area contributed by atoms with E-state index in [9.17, 15) is 13.9 Å². The Morgan fingerprint density at radius 3 is 2.60 bits per heavy atom. The van der Waals surface area contributed by atoms with Crippen molar-refractivity contribution >= 4 is 10.9 Å². The van der Waals surface area contributed by atoms with Gasteiger partial charge in [0.15, 0.2) is 11.6 Å². The van der Waals surface area contributed by atoms with Crippen LogP contribution in [-0.2, 0) is 6.54 Å². The second kappa shape index (κ2) is 9.51. The number of nitrogens with zero attached hydrogens (tertiary/aromatic N) is 3. The lowest BCUT2D eigenvalue weighted by Crippen LogP contribution is -2.29. The zero-order valence-corrected chi connectivity index (χ0v) is 17.7. The molecule has 0 saturated heterocycles. The molecule has 6 nitrogen and oxygen atoms in total. The first kappa shape index (κ1) is 22.1. The van der Waals surface area contributed by atoms with Crippen molar-refractivity contribution in [2.45, 2.75) is 26.6 Å². The maximum atomic E-state index is 14.2. The average molecular weight is 418 g/mol. The standard InChI is InChI=1S/C22H28F2N4O2/c1-14(2)13-28-19-11-17(22(29)25-7-8-27(3)4)21(9-15(19)12-26-28)30-20-6-5-16(23)10-18(20)24/h5-6,9-12,14,22,25,29H,7-8,13H2,1-4H3. The van der Waals surface area contributed by atoms with Gasteiger partial charge in [0.2, 0.25) is 0 Å². The third-order valence-corrected chi connectivity index (χ3v) is 4.62. The molecule has 0 aliphatic rings. The summed E-state index contributed by atoms with van der Waals surface area (Å²) in [6.45, 7) is 6.19. The van der Waals surface area contributed by atoms with E-state index in [1.165, 1.54) is 6.07 Å². The fourth-order valence-corrected chi connectivity index (χ4v) is 3.13. The number of aromatic nitrogens is 2. The van der Waals surface area contributed by atoms with Gasteiger partial charge in [-0.05, 0) is 44.3 Å². The summed E-state index contributed by atoms with van der Waals surface area (Å²) in [5, 5.41) is 19.1. The second-order valence-electron chi connectivity index (χ2n) is 8.01. The van der Waals surface area contributed by atoms with Crippen molar-refractivity contribution in [1.29, 1.82) is 0 Å². The van der Waals surface area contributed by atoms with Crippen LogP contribution >= 0.6 is 0 Å². The van der Waals surface area contributed by atoms with Gasteiger partial charge in [0.1, 0.15) is 17.8 Å². The smallest absolute Gasteiger partial charge is 0.168 e. The minimum atomic E-state index is -1.03. The highest BCUT2D eigenvalue weighted by Gasteiger charge is 2.19.